The van der Waals surface area contributed by atoms with E-state index in [2.05, 4.69) is 10.3 Å². The number of aromatic nitrogens is 3. The van der Waals surface area contributed by atoms with E-state index in [4.69, 9.17) is 15.5 Å². The van der Waals surface area contributed by atoms with E-state index in [1.807, 2.05) is 23.6 Å². The van der Waals surface area contributed by atoms with Crippen LogP contribution in [0.5, 0.6) is 5.75 Å². The van der Waals surface area contributed by atoms with Crippen LogP contribution in [0.15, 0.2) is 48.7 Å². The number of amides is 1. The maximum atomic E-state index is 15.3. The summed E-state index contributed by atoms with van der Waals surface area (Å²) in [5.41, 5.74) is 8.59. The number of nitrogens with zero attached hydrogens (tertiary/aromatic N) is 3. The van der Waals surface area contributed by atoms with Crippen LogP contribution in [0.1, 0.15) is 65.7 Å². The van der Waals surface area contributed by atoms with Crippen molar-refractivity contribution >= 4 is 16.9 Å². The van der Waals surface area contributed by atoms with E-state index in [-0.39, 0.29) is 34.9 Å². The minimum absolute atomic E-state index is 0.0207. The van der Waals surface area contributed by atoms with Crippen LogP contribution >= 0.6 is 0 Å². The molecule has 206 valence electrons. The van der Waals surface area contributed by atoms with Crippen LogP contribution in [0.2, 0.25) is 0 Å². The molecule has 0 saturated heterocycles. The number of halogens is 3. The summed E-state index contributed by atoms with van der Waals surface area (Å²) in [4.78, 5) is 22.1. The lowest BCUT2D eigenvalue weighted by atomic mass is 9.57. The highest BCUT2D eigenvalue weighted by molar-refractivity contribution is 5.98. The minimum Gasteiger partial charge on any atom is -0.434 e. The number of benzene rings is 2. The van der Waals surface area contributed by atoms with Crippen LogP contribution in [-0.2, 0) is 5.54 Å². The molecule has 2 bridgehead atoms. The van der Waals surface area contributed by atoms with E-state index >= 15 is 4.39 Å². The van der Waals surface area contributed by atoms with Gasteiger partial charge < -0.3 is 25.5 Å². The lowest BCUT2D eigenvalue weighted by Gasteiger charge is -2.51. The molecular weight excluding hydrogens is 523 g/mol. The summed E-state index contributed by atoms with van der Waals surface area (Å²) >= 11 is 0. The third kappa shape index (κ3) is 3.64. The van der Waals surface area contributed by atoms with Crippen molar-refractivity contribution in [2.75, 3.05) is 6.61 Å². The number of hydrogen-bond acceptors (Lipinski definition) is 6. The number of nitrogens with two attached hydrogens (primary N) is 1. The molecule has 2 aliphatic heterocycles. The molecule has 1 saturated carbocycles. The highest BCUT2D eigenvalue weighted by atomic mass is 19.3. The van der Waals surface area contributed by atoms with Crippen molar-refractivity contribution in [1.29, 1.82) is 0 Å². The molecule has 0 radical (unpaired) electrons. The van der Waals surface area contributed by atoms with Crippen molar-refractivity contribution in [3.05, 3.63) is 77.1 Å². The summed E-state index contributed by atoms with van der Waals surface area (Å²) < 4.78 is 48.6. The van der Waals surface area contributed by atoms with Gasteiger partial charge in [-0.25, -0.2) is 9.37 Å². The van der Waals surface area contributed by atoms with Gasteiger partial charge >= 0.3 is 6.61 Å². The van der Waals surface area contributed by atoms with E-state index in [1.54, 1.807) is 18.3 Å². The third-order valence-corrected chi connectivity index (χ3v) is 8.48. The predicted octanol–water partition coefficient (Wildman–Crippen LogP) is 4.56. The molecule has 0 spiro atoms. The van der Waals surface area contributed by atoms with Gasteiger partial charge in [-0.3, -0.25) is 9.78 Å². The van der Waals surface area contributed by atoms with Crippen LogP contribution in [0.3, 0.4) is 0 Å². The Kier molecular flexibility index (Phi) is 5.33. The quantitative estimate of drug-likeness (QED) is 0.336. The number of ether oxygens (including phenoxy) is 1. The Balaban J connectivity index is 1.31. The fraction of sp³-hybridized carbons (Fsp3) is 0.345. The molecule has 40 heavy (non-hydrogen) atoms. The number of imidazole rings is 1. The lowest BCUT2D eigenvalue weighted by molar-refractivity contribution is -0.0507. The Morgan fingerprint density at radius 2 is 2.02 bits per heavy atom. The van der Waals surface area contributed by atoms with Crippen LogP contribution < -0.4 is 15.8 Å². The van der Waals surface area contributed by atoms with Gasteiger partial charge in [0.1, 0.15) is 17.4 Å². The topological polar surface area (TPSA) is 115 Å². The largest absolute Gasteiger partial charge is 0.434 e. The highest BCUT2D eigenvalue weighted by Crippen LogP contribution is 2.52. The lowest BCUT2D eigenvalue weighted by Crippen LogP contribution is -2.56. The van der Waals surface area contributed by atoms with Crippen molar-refractivity contribution in [3.8, 4) is 16.9 Å². The van der Waals surface area contributed by atoms with E-state index in [1.165, 1.54) is 18.2 Å². The number of carbonyl (C=O) groups excluding carboxylic acids is 1. The molecule has 1 fully saturated rings. The second kappa shape index (κ2) is 8.52. The molecule has 4 aromatic rings. The number of carbonyl (C=O) groups is 1. The normalized spacial score (nSPS) is 26.7. The first-order valence-electron chi connectivity index (χ1n) is 13.1. The molecule has 2 aromatic heterocycles. The Hall–Kier alpha value is -3.96. The zero-order valence-corrected chi connectivity index (χ0v) is 21.5. The van der Waals surface area contributed by atoms with Crippen molar-refractivity contribution in [2.45, 2.75) is 50.4 Å². The highest BCUT2D eigenvalue weighted by Gasteiger charge is 2.52. The summed E-state index contributed by atoms with van der Waals surface area (Å²) in [7, 11) is 0. The SMILES string of the molecule is C[C@]1(CO)C[C@](N)(c2ncc(-c3ccc4nc5n(c4c3)[C@H]3C[C@@H]5NC(=O)c4cccc(OC(F)F)c43)cc2F)C1. The zero-order valence-electron chi connectivity index (χ0n) is 21.5. The maximum Gasteiger partial charge on any atom is 0.387 e. The zero-order chi connectivity index (χ0) is 28.0. The molecule has 1 amide bonds. The molecule has 0 unspecified atom stereocenters. The molecular formula is C29H26F3N5O3. The molecule has 3 aliphatic rings. The number of aliphatic hydroxyl groups is 1. The average Bonchev–Trinajstić information content (AvgIpc) is 3.39. The van der Waals surface area contributed by atoms with Crippen LogP contribution in [0.25, 0.3) is 22.2 Å². The van der Waals surface area contributed by atoms with Crippen molar-refractivity contribution in [3.63, 3.8) is 0 Å². The number of alkyl halides is 2. The molecule has 1 aliphatic carbocycles. The third-order valence-electron chi connectivity index (χ3n) is 8.48. The number of fused-ring (bicyclic) bond motifs is 9. The van der Waals surface area contributed by atoms with Gasteiger partial charge in [0.15, 0.2) is 0 Å². The number of hydrogen-bond donors (Lipinski definition) is 3. The number of rotatable bonds is 5. The standard InChI is InChI=1S/C29H26F3N5O3/c1-28(13-38)11-29(33,12-28)24-17(30)7-15(10-34-24)14-5-6-18-20(8-14)37-21-9-19(25(37)35-18)36-26(39)16-3-2-4-22(23(16)21)40-27(31)32/h2-8,10,19,21,27,38H,9,11-13,33H2,1H3,(H,36,39)/t19-,21-,28-,29+/m0/s1. The predicted molar refractivity (Wildman–Crippen MR) is 139 cm³/mol. The fourth-order valence-electron chi connectivity index (χ4n) is 6.90. The fourth-order valence-corrected chi connectivity index (χ4v) is 6.90. The molecule has 2 atom stereocenters. The number of aliphatic hydroxyl groups excluding tert-OH is 1. The van der Waals surface area contributed by atoms with E-state index in [9.17, 15) is 18.7 Å². The second-order valence-electron chi connectivity index (χ2n) is 11.4. The Morgan fingerprint density at radius 3 is 2.75 bits per heavy atom. The number of pyridine rings is 1. The summed E-state index contributed by atoms with van der Waals surface area (Å²) in [6.07, 6.45) is 2.88. The first kappa shape index (κ1) is 25.0. The summed E-state index contributed by atoms with van der Waals surface area (Å²) in [5.74, 6) is -0.322. The van der Waals surface area contributed by atoms with Gasteiger partial charge in [-0.15, -0.1) is 0 Å². The Morgan fingerprint density at radius 1 is 1.23 bits per heavy atom. The summed E-state index contributed by atoms with van der Waals surface area (Å²) in [6.45, 7) is -1.16. The summed E-state index contributed by atoms with van der Waals surface area (Å²) in [6, 6.07) is 10.6. The van der Waals surface area contributed by atoms with Gasteiger partial charge in [0.25, 0.3) is 5.91 Å². The van der Waals surface area contributed by atoms with Crippen molar-refractivity contribution in [2.24, 2.45) is 11.1 Å². The van der Waals surface area contributed by atoms with Gasteiger partial charge in [-0.2, -0.15) is 8.78 Å². The molecule has 11 heteroatoms. The first-order chi connectivity index (χ1) is 19.1. The van der Waals surface area contributed by atoms with Gasteiger partial charge in [0, 0.05) is 29.5 Å². The van der Waals surface area contributed by atoms with Gasteiger partial charge in [-0.1, -0.05) is 19.1 Å². The molecule has 8 nitrogen and oxygen atoms in total. The molecule has 7 rings (SSSR count). The van der Waals surface area contributed by atoms with Crippen LogP contribution in [-0.4, -0.2) is 38.8 Å². The first-order valence-corrected chi connectivity index (χ1v) is 13.1. The van der Waals surface area contributed by atoms with Crippen molar-refractivity contribution in [1.82, 2.24) is 19.9 Å². The van der Waals surface area contributed by atoms with Crippen molar-refractivity contribution < 1.29 is 27.8 Å². The Labute approximate surface area is 227 Å². The number of nitrogens with one attached hydrogen (secondary N) is 1. The van der Waals surface area contributed by atoms with Gasteiger partial charge in [0.2, 0.25) is 0 Å². The van der Waals surface area contributed by atoms with E-state index in [0.29, 0.717) is 52.8 Å². The molecule has 4 heterocycles. The van der Waals surface area contributed by atoms with Gasteiger partial charge in [-0.05, 0) is 60.6 Å². The maximum absolute atomic E-state index is 15.3. The monoisotopic (exact) mass is 549 g/mol. The van der Waals surface area contributed by atoms with Gasteiger partial charge in [0.05, 0.1) is 34.3 Å². The van der Waals surface area contributed by atoms with E-state index < -0.39 is 30.1 Å². The minimum atomic E-state index is -3.05. The molecule has 2 aromatic carbocycles. The van der Waals surface area contributed by atoms with E-state index in [0.717, 1.165) is 0 Å². The second-order valence-corrected chi connectivity index (χ2v) is 11.4. The smallest absolute Gasteiger partial charge is 0.387 e. The van der Waals surface area contributed by atoms with Crippen LogP contribution in [0.4, 0.5) is 13.2 Å². The Bertz CT molecular complexity index is 1700. The average molecular weight is 550 g/mol. The van der Waals surface area contributed by atoms with Crippen LogP contribution in [0, 0.1) is 11.2 Å². The summed E-state index contributed by atoms with van der Waals surface area (Å²) in [5, 5.41) is 12.5. The molecule has 4 N–H and O–H groups in total.